The first kappa shape index (κ1) is 20.1. The first-order valence-electron chi connectivity index (χ1n) is 9.38. The number of carbonyl (C=O) groups is 2. The molecular weight excluding hydrogens is 366 g/mol. The summed E-state index contributed by atoms with van der Waals surface area (Å²) in [6, 6.07) is 23.6. The fraction of sp³-hybridized carbons (Fsp3) is 0.167. The number of carbonyl (C=O) groups excluding carboxylic acids is 2. The maximum Gasteiger partial charge on any atom is 0.257 e. The van der Waals surface area contributed by atoms with E-state index in [1.807, 2.05) is 42.5 Å². The van der Waals surface area contributed by atoms with E-state index in [4.69, 9.17) is 9.47 Å². The van der Waals surface area contributed by atoms with Gasteiger partial charge in [0.2, 0.25) is 0 Å². The number of ether oxygens (including phenoxy) is 2. The number of amides is 1. The van der Waals surface area contributed by atoms with Gasteiger partial charge in [-0.3, -0.25) is 9.59 Å². The van der Waals surface area contributed by atoms with Crippen LogP contribution in [-0.2, 0) is 11.2 Å². The Labute approximate surface area is 170 Å². The molecule has 0 aliphatic carbocycles. The number of nitrogens with one attached hydrogen (secondary N) is 1. The van der Waals surface area contributed by atoms with Crippen molar-refractivity contribution < 1.29 is 19.1 Å². The SMILES string of the molecule is COc1ccccc1CCNC(=O)COc1ccc(C(=O)c2ccccc2)cc1. The van der Waals surface area contributed by atoms with Crippen LogP contribution in [0.4, 0.5) is 0 Å². The molecule has 1 amide bonds. The van der Waals surface area contributed by atoms with Gasteiger partial charge in [0.1, 0.15) is 11.5 Å². The predicted molar refractivity (Wildman–Crippen MR) is 112 cm³/mol. The van der Waals surface area contributed by atoms with E-state index in [9.17, 15) is 9.59 Å². The van der Waals surface area contributed by atoms with Gasteiger partial charge in [0.05, 0.1) is 7.11 Å². The molecule has 1 N–H and O–H groups in total. The van der Waals surface area contributed by atoms with Crippen molar-refractivity contribution in [2.75, 3.05) is 20.3 Å². The van der Waals surface area contributed by atoms with Gasteiger partial charge in [-0.05, 0) is 42.3 Å². The fourth-order valence-electron chi connectivity index (χ4n) is 2.90. The molecule has 0 bridgehead atoms. The quantitative estimate of drug-likeness (QED) is 0.567. The zero-order chi connectivity index (χ0) is 20.5. The minimum atomic E-state index is -0.204. The van der Waals surface area contributed by atoms with E-state index in [0.29, 0.717) is 29.8 Å². The number of ketones is 1. The number of hydrogen-bond acceptors (Lipinski definition) is 4. The van der Waals surface area contributed by atoms with Gasteiger partial charge in [0.25, 0.3) is 5.91 Å². The predicted octanol–water partition coefficient (Wildman–Crippen LogP) is 3.66. The summed E-state index contributed by atoms with van der Waals surface area (Å²) < 4.78 is 10.8. The van der Waals surface area contributed by atoms with E-state index in [1.165, 1.54) is 0 Å². The van der Waals surface area contributed by atoms with Crippen LogP contribution < -0.4 is 14.8 Å². The monoisotopic (exact) mass is 389 g/mol. The van der Waals surface area contributed by atoms with Crippen molar-refractivity contribution in [1.82, 2.24) is 5.32 Å². The van der Waals surface area contributed by atoms with E-state index in [-0.39, 0.29) is 18.3 Å². The van der Waals surface area contributed by atoms with Gasteiger partial charge in [0, 0.05) is 17.7 Å². The summed E-state index contributed by atoms with van der Waals surface area (Å²) in [6.45, 7) is 0.408. The van der Waals surface area contributed by atoms with Crippen LogP contribution in [-0.4, -0.2) is 32.0 Å². The molecule has 0 spiro atoms. The summed E-state index contributed by atoms with van der Waals surface area (Å²) in [5.41, 5.74) is 2.25. The molecule has 148 valence electrons. The van der Waals surface area contributed by atoms with Crippen molar-refractivity contribution in [2.24, 2.45) is 0 Å². The summed E-state index contributed by atoms with van der Waals surface area (Å²) >= 11 is 0. The molecule has 3 aromatic carbocycles. The lowest BCUT2D eigenvalue weighted by molar-refractivity contribution is -0.123. The van der Waals surface area contributed by atoms with E-state index < -0.39 is 0 Å². The minimum absolute atomic E-state index is 0.0498. The molecule has 3 rings (SSSR count). The van der Waals surface area contributed by atoms with Crippen molar-refractivity contribution >= 4 is 11.7 Å². The number of para-hydroxylation sites is 1. The Morgan fingerprint density at radius 2 is 1.48 bits per heavy atom. The average Bonchev–Trinajstić information content (AvgIpc) is 2.78. The summed E-state index contributed by atoms with van der Waals surface area (Å²) in [5, 5.41) is 2.83. The van der Waals surface area contributed by atoms with E-state index in [2.05, 4.69) is 5.32 Å². The molecule has 0 saturated heterocycles. The normalized spacial score (nSPS) is 10.2. The summed E-state index contributed by atoms with van der Waals surface area (Å²) in [7, 11) is 1.63. The zero-order valence-corrected chi connectivity index (χ0v) is 16.3. The molecule has 5 nitrogen and oxygen atoms in total. The summed E-state index contributed by atoms with van der Waals surface area (Å²) in [5.74, 6) is 1.09. The highest BCUT2D eigenvalue weighted by Crippen LogP contribution is 2.17. The maximum atomic E-state index is 12.4. The van der Waals surface area contributed by atoms with Crippen LogP contribution >= 0.6 is 0 Å². The first-order valence-corrected chi connectivity index (χ1v) is 9.38. The lowest BCUT2D eigenvalue weighted by atomic mass is 10.0. The molecule has 0 fully saturated rings. The topological polar surface area (TPSA) is 64.6 Å². The lowest BCUT2D eigenvalue weighted by Gasteiger charge is -2.10. The van der Waals surface area contributed by atoms with Crippen molar-refractivity contribution in [1.29, 1.82) is 0 Å². The molecule has 29 heavy (non-hydrogen) atoms. The number of rotatable bonds is 9. The van der Waals surface area contributed by atoms with Crippen molar-refractivity contribution in [3.63, 3.8) is 0 Å². The Morgan fingerprint density at radius 3 is 2.21 bits per heavy atom. The Bertz CT molecular complexity index is 952. The van der Waals surface area contributed by atoms with Gasteiger partial charge in [-0.25, -0.2) is 0 Å². The van der Waals surface area contributed by atoms with Crippen LogP contribution in [0.5, 0.6) is 11.5 Å². The fourth-order valence-corrected chi connectivity index (χ4v) is 2.90. The molecule has 0 aliphatic heterocycles. The Hall–Kier alpha value is -3.60. The standard InChI is InChI=1S/C24H23NO4/c1-28-22-10-6-5-7-18(22)15-16-25-23(26)17-29-21-13-11-20(12-14-21)24(27)19-8-3-2-4-9-19/h2-14H,15-17H2,1H3,(H,25,26). The molecule has 0 radical (unpaired) electrons. The van der Waals surface area contributed by atoms with Crippen molar-refractivity contribution in [3.05, 3.63) is 95.6 Å². The van der Waals surface area contributed by atoms with E-state index >= 15 is 0 Å². The van der Waals surface area contributed by atoms with Crippen LogP contribution in [0.3, 0.4) is 0 Å². The van der Waals surface area contributed by atoms with Gasteiger partial charge < -0.3 is 14.8 Å². The van der Waals surface area contributed by atoms with Gasteiger partial charge in [-0.2, -0.15) is 0 Å². The van der Waals surface area contributed by atoms with E-state index in [1.54, 1.807) is 43.5 Å². The molecular formula is C24H23NO4. The van der Waals surface area contributed by atoms with Crippen molar-refractivity contribution in [2.45, 2.75) is 6.42 Å². The molecule has 0 saturated carbocycles. The van der Waals surface area contributed by atoms with Crippen LogP contribution in [0.25, 0.3) is 0 Å². The smallest absolute Gasteiger partial charge is 0.257 e. The molecule has 0 atom stereocenters. The van der Waals surface area contributed by atoms with Crippen molar-refractivity contribution in [3.8, 4) is 11.5 Å². The second-order valence-electron chi connectivity index (χ2n) is 6.42. The molecule has 0 aromatic heterocycles. The second kappa shape index (κ2) is 10.1. The Balaban J connectivity index is 1.45. The van der Waals surface area contributed by atoms with Gasteiger partial charge >= 0.3 is 0 Å². The Kier molecular flexibility index (Phi) is 7.00. The van der Waals surface area contributed by atoms with Crippen LogP contribution in [0.2, 0.25) is 0 Å². The second-order valence-corrected chi connectivity index (χ2v) is 6.42. The maximum absolute atomic E-state index is 12.4. The third kappa shape index (κ3) is 5.69. The number of methoxy groups -OCH3 is 1. The summed E-state index contributed by atoms with van der Waals surface area (Å²) in [4.78, 5) is 24.4. The third-order valence-corrected chi connectivity index (χ3v) is 4.43. The minimum Gasteiger partial charge on any atom is -0.496 e. The highest BCUT2D eigenvalue weighted by atomic mass is 16.5. The van der Waals surface area contributed by atoms with Gasteiger partial charge in [-0.15, -0.1) is 0 Å². The molecule has 0 unspecified atom stereocenters. The van der Waals surface area contributed by atoms with Crippen LogP contribution in [0, 0.1) is 0 Å². The lowest BCUT2D eigenvalue weighted by Crippen LogP contribution is -2.30. The summed E-state index contributed by atoms with van der Waals surface area (Å²) in [6.07, 6.45) is 0.673. The van der Waals surface area contributed by atoms with E-state index in [0.717, 1.165) is 11.3 Å². The van der Waals surface area contributed by atoms with Gasteiger partial charge in [-0.1, -0.05) is 48.5 Å². The van der Waals surface area contributed by atoms with Crippen LogP contribution in [0.1, 0.15) is 21.5 Å². The third-order valence-electron chi connectivity index (χ3n) is 4.43. The highest BCUT2D eigenvalue weighted by Gasteiger charge is 2.09. The molecule has 0 aliphatic rings. The first-order chi connectivity index (χ1) is 14.2. The van der Waals surface area contributed by atoms with Crippen LogP contribution in [0.15, 0.2) is 78.9 Å². The van der Waals surface area contributed by atoms with Gasteiger partial charge in [0.15, 0.2) is 12.4 Å². The molecule has 0 heterocycles. The molecule has 3 aromatic rings. The average molecular weight is 389 g/mol. The Morgan fingerprint density at radius 1 is 0.828 bits per heavy atom. The number of hydrogen-bond donors (Lipinski definition) is 1. The largest absolute Gasteiger partial charge is 0.496 e. The number of benzene rings is 3. The zero-order valence-electron chi connectivity index (χ0n) is 16.3. The highest BCUT2D eigenvalue weighted by molar-refractivity contribution is 6.08. The molecule has 5 heteroatoms.